The zero-order valence-corrected chi connectivity index (χ0v) is 14.3. The van der Waals surface area contributed by atoms with Gasteiger partial charge in [0.25, 0.3) is 5.91 Å². The molecule has 1 fully saturated rings. The van der Waals surface area contributed by atoms with Crippen molar-refractivity contribution in [2.24, 2.45) is 0 Å². The smallest absolute Gasteiger partial charge is 0.253 e. The minimum atomic E-state index is 0.0861. The topological polar surface area (TPSA) is 52.8 Å². The first-order chi connectivity index (χ1) is 9.97. The molecule has 0 radical (unpaired) electrons. The molecule has 1 aromatic rings. The minimum Gasteiger partial charge on any atom is -0.398 e. The van der Waals surface area contributed by atoms with Crippen LogP contribution in [-0.4, -0.2) is 74.0 Å². The Bertz CT molecular complexity index is 498. The number of amides is 1. The number of carbonyl (C=O) groups excluding carboxylic acids is 1. The SMILES string of the molecule is CN(C)CCN1CCN(C(=O)c2ccc(N)c(Br)c2)CC1. The van der Waals surface area contributed by atoms with Crippen LogP contribution >= 0.6 is 15.9 Å². The van der Waals surface area contributed by atoms with Gasteiger partial charge in [0.1, 0.15) is 0 Å². The first kappa shape index (κ1) is 16.3. The number of benzene rings is 1. The fourth-order valence-corrected chi connectivity index (χ4v) is 2.74. The zero-order chi connectivity index (χ0) is 15.4. The summed E-state index contributed by atoms with van der Waals surface area (Å²) in [6.45, 7) is 5.56. The van der Waals surface area contributed by atoms with Crippen molar-refractivity contribution >= 4 is 27.5 Å². The maximum atomic E-state index is 12.5. The van der Waals surface area contributed by atoms with Gasteiger partial charge in [0, 0.05) is 55.0 Å². The fraction of sp³-hybridized carbons (Fsp3) is 0.533. The number of nitrogens with zero attached hydrogens (tertiary/aromatic N) is 3. The van der Waals surface area contributed by atoms with Crippen molar-refractivity contribution in [1.82, 2.24) is 14.7 Å². The van der Waals surface area contributed by atoms with Gasteiger partial charge >= 0.3 is 0 Å². The van der Waals surface area contributed by atoms with Gasteiger partial charge in [0.2, 0.25) is 0 Å². The highest BCUT2D eigenvalue weighted by Gasteiger charge is 2.22. The molecule has 1 aliphatic rings. The summed E-state index contributed by atoms with van der Waals surface area (Å²) >= 11 is 3.37. The molecule has 0 unspecified atom stereocenters. The van der Waals surface area contributed by atoms with Gasteiger partial charge in [-0.3, -0.25) is 9.69 Å². The maximum absolute atomic E-state index is 12.5. The van der Waals surface area contributed by atoms with E-state index < -0.39 is 0 Å². The van der Waals surface area contributed by atoms with Crippen LogP contribution in [-0.2, 0) is 0 Å². The van der Waals surface area contributed by atoms with Gasteiger partial charge < -0.3 is 15.5 Å². The average molecular weight is 355 g/mol. The van der Waals surface area contributed by atoms with E-state index in [0.29, 0.717) is 11.3 Å². The van der Waals surface area contributed by atoms with E-state index >= 15 is 0 Å². The molecule has 0 spiro atoms. The van der Waals surface area contributed by atoms with Crippen molar-refractivity contribution in [2.75, 3.05) is 59.1 Å². The molecular formula is C15H23BrN4O. The zero-order valence-electron chi connectivity index (χ0n) is 12.7. The standard InChI is InChI=1S/C15H23BrN4O/c1-18(2)5-6-19-7-9-20(10-8-19)15(21)12-3-4-14(17)13(16)11-12/h3-4,11H,5-10,17H2,1-2H3. The Morgan fingerprint density at radius 1 is 1.29 bits per heavy atom. The predicted molar refractivity (Wildman–Crippen MR) is 89.5 cm³/mol. The Hall–Kier alpha value is -1.11. The first-order valence-electron chi connectivity index (χ1n) is 7.19. The normalized spacial score (nSPS) is 16.5. The quantitative estimate of drug-likeness (QED) is 0.829. The third-order valence-electron chi connectivity index (χ3n) is 3.77. The summed E-state index contributed by atoms with van der Waals surface area (Å²) in [5, 5.41) is 0. The molecule has 116 valence electrons. The van der Waals surface area contributed by atoms with Crippen molar-refractivity contribution in [3.8, 4) is 0 Å². The van der Waals surface area contributed by atoms with Gasteiger partial charge in [-0.15, -0.1) is 0 Å². The number of rotatable bonds is 4. The average Bonchev–Trinajstić information content (AvgIpc) is 2.48. The summed E-state index contributed by atoms with van der Waals surface area (Å²) < 4.78 is 0.776. The van der Waals surface area contributed by atoms with E-state index in [1.807, 2.05) is 4.90 Å². The van der Waals surface area contributed by atoms with Gasteiger partial charge in [-0.25, -0.2) is 0 Å². The highest BCUT2D eigenvalue weighted by Crippen LogP contribution is 2.21. The third kappa shape index (κ3) is 4.43. The van der Waals surface area contributed by atoms with Crippen LogP contribution in [0.3, 0.4) is 0 Å². The molecule has 0 atom stereocenters. The van der Waals surface area contributed by atoms with Gasteiger partial charge in [-0.2, -0.15) is 0 Å². The highest BCUT2D eigenvalue weighted by molar-refractivity contribution is 9.10. The lowest BCUT2D eigenvalue weighted by atomic mass is 10.1. The van der Waals surface area contributed by atoms with Crippen LogP contribution in [0.4, 0.5) is 5.69 Å². The molecule has 2 N–H and O–H groups in total. The number of nitrogen functional groups attached to an aromatic ring is 1. The molecule has 0 aromatic heterocycles. The van der Waals surface area contributed by atoms with Crippen LogP contribution in [0.5, 0.6) is 0 Å². The van der Waals surface area contributed by atoms with E-state index in [9.17, 15) is 4.79 Å². The summed E-state index contributed by atoms with van der Waals surface area (Å²) in [6.07, 6.45) is 0. The van der Waals surface area contributed by atoms with Crippen LogP contribution in [0.15, 0.2) is 22.7 Å². The summed E-state index contributed by atoms with van der Waals surface area (Å²) in [5.41, 5.74) is 7.11. The second-order valence-electron chi connectivity index (χ2n) is 5.67. The molecule has 1 aliphatic heterocycles. The molecule has 1 saturated heterocycles. The molecule has 0 bridgehead atoms. The number of nitrogens with two attached hydrogens (primary N) is 1. The lowest BCUT2D eigenvalue weighted by Crippen LogP contribution is -2.49. The van der Waals surface area contributed by atoms with Gasteiger partial charge in [0.15, 0.2) is 0 Å². The Kier molecular flexibility index (Phi) is 5.61. The summed E-state index contributed by atoms with van der Waals surface area (Å²) in [4.78, 5) is 19.0. The molecule has 1 amide bonds. The van der Waals surface area contributed by atoms with E-state index in [1.165, 1.54) is 0 Å². The molecule has 0 saturated carbocycles. The number of piperazine rings is 1. The largest absolute Gasteiger partial charge is 0.398 e. The minimum absolute atomic E-state index is 0.0861. The van der Waals surface area contributed by atoms with Crippen LogP contribution in [0.25, 0.3) is 0 Å². The first-order valence-corrected chi connectivity index (χ1v) is 7.98. The maximum Gasteiger partial charge on any atom is 0.253 e. The van der Waals surface area contributed by atoms with Crippen molar-refractivity contribution < 1.29 is 4.79 Å². The molecule has 0 aliphatic carbocycles. The van der Waals surface area contributed by atoms with Crippen LogP contribution in [0.2, 0.25) is 0 Å². The Morgan fingerprint density at radius 3 is 2.52 bits per heavy atom. The van der Waals surface area contributed by atoms with E-state index in [2.05, 4.69) is 39.8 Å². The molecule has 1 heterocycles. The van der Waals surface area contributed by atoms with Gasteiger partial charge in [0.05, 0.1) is 0 Å². The number of carbonyl (C=O) groups is 1. The van der Waals surface area contributed by atoms with Crippen LogP contribution in [0, 0.1) is 0 Å². The predicted octanol–water partition coefficient (Wildman–Crippen LogP) is 1.35. The molecular weight excluding hydrogens is 332 g/mol. The number of hydrogen-bond acceptors (Lipinski definition) is 4. The third-order valence-corrected chi connectivity index (χ3v) is 4.46. The Balaban J connectivity index is 1.89. The monoisotopic (exact) mass is 354 g/mol. The summed E-state index contributed by atoms with van der Waals surface area (Å²) in [5.74, 6) is 0.0861. The van der Waals surface area contributed by atoms with Crippen molar-refractivity contribution in [2.45, 2.75) is 0 Å². The molecule has 21 heavy (non-hydrogen) atoms. The van der Waals surface area contributed by atoms with E-state index in [4.69, 9.17) is 5.73 Å². The lowest BCUT2D eigenvalue weighted by molar-refractivity contribution is 0.0629. The molecule has 5 nitrogen and oxygen atoms in total. The van der Waals surface area contributed by atoms with Crippen LogP contribution in [0.1, 0.15) is 10.4 Å². The Morgan fingerprint density at radius 2 is 1.95 bits per heavy atom. The van der Waals surface area contributed by atoms with E-state index in [1.54, 1.807) is 18.2 Å². The van der Waals surface area contributed by atoms with Crippen molar-refractivity contribution in [3.05, 3.63) is 28.2 Å². The number of likely N-dealkylation sites (N-methyl/N-ethyl adjacent to an activating group) is 1. The van der Waals surface area contributed by atoms with E-state index in [0.717, 1.165) is 43.7 Å². The Labute approximate surface area is 134 Å². The highest BCUT2D eigenvalue weighted by atomic mass is 79.9. The van der Waals surface area contributed by atoms with Crippen molar-refractivity contribution in [1.29, 1.82) is 0 Å². The number of anilines is 1. The second-order valence-corrected chi connectivity index (χ2v) is 6.53. The van der Waals surface area contributed by atoms with Crippen molar-refractivity contribution in [3.63, 3.8) is 0 Å². The number of halogens is 1. The summed E-state index contributed by atoms with van der Waals surface area (Å²) in [6, 6.07) is 5.36. The number of hydrogen-bond donors (Lipinski definition) is 1. The second kappa shape index (κ2) is 7.24. The lowest BCUT2D eigenvalue weighted by Gasteiger charge is -2.35. The molecule has 2 rings (SSSR count). The van der Waals surface area contributed by atoms with Crippen LogP contribution < -0.4 is 5.73 Å². The van der Waals surface area contributed by atoms with Gasteiger partial charge in [-0.1, -0.05) is 0 Å². The molecule has 6 heteroatoms. The van der Waals surface area contributed by atoms with E-state index in [-0.39, 0.29) is 5.91 Å². The fourth-order valence-electron chi connectivity index (χ4n) is 2.36. The van der Waals surface area contributed by atoms with Gasteiger partial charge in [-0.05, 0) is 48.2 Å². The summed E-state index contributed by atoms with van der Waals surface area (Å²) in [7, 11) is 4.16. The molecule has 1 aromatic carbocycles.